The van der Waals surface area contributed by atoms with Crippen LogP contribution in [0.3, 0.4) is 0 Å². The lowest BCUT2D eigenvalue weighted by Gasteiger charge is -2.15. The summed E-state index contributed by atoms with van der Waals surface area (Å²) in [5.41, 5.74) is 7.14. The first kappa shape index (κ1) is 14.0. The largest absolute Gasteiger partial charge is 0.375 e. The van der Waals surface area contributed by atoms with E-state index in [2.05, 4.69) is 36.2 Å². The van der Waals surface area contributed by atoms with Crippen molar-refractivity contribution in [2.75, 3.05) is 20.2 Å². The van der Waals surface area contributed by atoms with Gasteiger partial charge in [0.1, 0.15) is 0 Å². The molecule has 0 radical (unpaired) electrons. The SMILES string of the molecule is CN(CCOCc1c(CN)sc2ccccc12)C1CC1. The Kier molecular flexibility index (Phi) is 4.36. The van der Waals surface area contributed by atoms with Crippen LogP contribution < -0.4 is 5.73 Å². The van der Waals surface area contributed by atoms with Crippen LogP contribution in [0.5, 0.6) is 0 Å². The Labute approximate surface area is 124 Å². The van der Waals surface area contributed by atoms with Gasteiger partial charge in [0, 0.05) is 34.3 Å². The Morgan fingerprint density at radius 1 is 1.35 bits per heavy atom. The van der Waals surface area contributed by atoms with Gasteiger partial charge in [0.2, 0.25) is 0 Å². The van der Waals surface area contributed by atoms with Crippen molar-refractivity contribution in [3.05, 3.63) is 34.7 Å². The number of hydrogen-bond donors (Lipinski definition) is 1. The van der Waals surface area contributed by atoms with Crippen LogP contribution in [-0.4, -0.2) is 31.1 Å². The Morgan fingerprint density at radius 3 is 2.90 bits per heavy atom. The van der Waals surface area contributed by atoms with Crippen LogP contribution in [0, 0.1) is 0 Å². The number of benzene rings is 1. The maximum atomic E-state index is 5.89. The van der Waals surface area contributed by atoms with E-state index in [0.29, 0.717) is 13.2 Å². The Balaban J connectivity index is 1.61. The minimum Gasteiger partial charge on any atom is -0.375 e. The Bertz CT molecular complexity index is 577. The summed E-state index contributed by atoms with van der Waals surface area (Å²) in [6, 6.07) is 9.29. The molecule has 4 heteroatoms. The van der Waals surface area contributed by atoms with E-state index in [1.54, 1.807) is 11.3 Å². The lowest BCUT2D eigenvalue weighted by molar-refractivity contribution is 0.0983. The van der Waals surface area contributed by atoms with Crippen LogP contribution in [0.15, 0.2) is 24.3 Å². The van der Waals surface area contributed by atoms with Gasteiger partial charge in [0.15, 0.2) is 0 Å². The highest BCUT2D eigenvalue weighted by molar-refractivity contribution is 7.19. The molecule has 1 fully saturated rings. The Morgan fingerprint density at radius 2 is 2.15 bits per heavy atom. The molecule has 1 heterocycles. The fraction of sp³-hybridized carbons (Fsp3) is 0.500. The van der Waals surface area contributed by atoms with Gasteiger partial charge in [-0.3, -0.25) is 0 Å². The van der Waals surface area contributed by atoms with Gasteiger partial charge in [-0.15, -0.1) is 11.3 Å². The van der Waals surface area contributed by atoms with Crippen LogP contribution >= 0.6 is 11.3 Å². The van der Waals surface area contributed by atoms with E-state index >= 15 is 0 Å². The second-order valence-electron chi connectivity index (χ2n) is 5.47. The fourth-order valence-electron chi connectivity index (χ4n) is 2.55. The van der Waals surface area contributed by atoms with Crippen LogP contribution in [0.2, 0.25) is 0 Å². The molecule has 1 saturated carbocycles. The van der Waals surface area contributed by atoms with Gasteiger partial charge in [0.05, 0.1) is 13.2 Å². The predicted molar refractivity (Wildman–Crippen MR) is 85.0 cm³/mol. The second-order valence-corrected chi connectivity index (χ2v) is 6.61. The number of fused-ring (bicyclic) bond motifs is 1. The van der Waals surface area contributed by atoms with Crippen molar-refractivity contribution >= 4 is 21.4 Å². The highest BCUT2D eigenvalue weighted by Gasteiger charge is 2.25. The lowest BCUT2D eigenvalue weighted by Crippen LogP contribution is -2.25. The fourth-order valence-corrected chi connectivity index (χ4v) is 3.64. The standard InChI is InChI=1S/C16H22N2OS/c1-18(12-6-7-12)8-9-19-11-14-13-4-2-3-5-15(13)20-16(14)10-17/h2-5,12H,6-11,17H2,1H3. The summed E-state index contributed by atoms with van der Waals surface area (Å²) in [6.07, 6.45) is 2.70. The van der Waals surface area contributed by atoms with Crippen LogP contribution in [0.1, 0.15) is 23.3 Å². The monoisotopic (exact) mass is 290 g/mol. The summed E-state index contributed by atoms with van der Waals surface area (Å²) >= 11 is 1.79. The van der Waals surface area contributed by atoms with Gasteiger partial charge in [-0.2, -0.15) is 0 Å². The molecule has 1 aromatic heterocycles. The molecule has 1 aliphatic carbocycles. The van der Waals surface area contributed by atoms with Gasteiger partial charge < -0.3 is 15.4 Å². The first-order valence-electron chi connectivity index (χ1n) is 7.27. The van der Waals surface area contributed by atoms with E-state index in [1.165, 1.54) is 33.4 Å². The molecule has 108 valence electrons. The number of rotatable bonds is 7. The number of nitrogens with two attached hydrogens (primary N) is 1. The molecule has 2 aromatic rings. The summed E-state index contributed by atoms with van der Waals surface area (Å²) in [5, 5.41) is 1.30. The summed E-state index contributed by atoms with van der Waals surface area (Å²) in [6.45, 7) is 3.08. The first-order valence-corrected chi connectivity index (χ1v) is 8.08. The van der Waals surface area contributed by atoms with Crippen molar-refractivity contribution in [2.45, 2.75) is 32.0 Å². The quantitative estimate of drug-likeness (QED) is 0.797. The molecule has 20 heavy (non-hydrogen) atoms. The molecule has 0 unspecified atom stereocenters. The van der Waals surface area contributed by atoms with Gasteiger partial charge in [-0.1, -0.05) is 18.2 Å². The molecular weight excluding hydrogens is 268 g/mol. The molecule has 0 amide bonds. The smallest absolute Gasteiger partial charge is 0.0734 e. The molecule has 2 N–H and O–H groups in total. The topological polar surface area (TPSA) is 38.5 Å². The first-order chi connectivity index (χ1) is 9.79. The zero-order chi connectivity index (χ0) is 13.9. The lowest BCUT2D eigenvalue weighted by atomic mass is 10.1. The van der Waals surface area contributed by atoms with Gasteiger partial charge >= 0.3 is 0 Å². The van der Waals surface area contributed by atoms with Crippen molar-refractivity contribution in [1.29, 1.82) is 0 Å². The molecule has 0 saturated heterocycles. The maximum absolute atomic E-state index is 5.89. The number of nitrogens with zero attached hydrogens (tertiary/aromatic N) is 1. The zero-order valence-corrected chi connectivity index (χ0v) is 12.8. The normalized spacial score (nSPS) is 15.3. The third-order valence-electron chi connectivity index (χ3n) is 3.97. The van der Waals surface area contributed by atoms with Crippen molar-refractivity contribution in [1.82, 2.24) is 4.90 Å². The van der Waals surface area contributed by atoms with Gasteiger partial charge in [-0.05, 0) is 31.3 Å². The third-order valence-corrected chi connectivity index (χ3v) is 5.21. The number of hydrogen-bond acceptors (Lipinski definition) is 4. The Hall–Kier alpha value is -0.940. The van der Waals surface area contributed by atoms with Crippen LogP contribution in [0.4, 0.5) is 0 Å². The molecule has 0 atom stereocenters. The molecule has 0 aliphatic heterocycles. The van der Waals surface area contributed by atoms with E-state index in [1.807, 2.05) is 0 Å². The second kappa shape index (κ2) is 6.22. The molecule has 1 aromatic carbocycles. The predicted octanol–water partition coefficient (Wildman–Crippen LogP) is 2.97. The van der Waals surface area contributed by atoms with Crippen molar-refractivity contribution < 1.29 is 4.74 Å². The van der Waals surface area contributed by atoms with E-state index in [9.17, 15) is 0 Å². The van der Waals surface area contributed by atoms with Gasteiger partial charge in [0.25, 0.3) is 0 Å². The average Bonchev–Trinajstić information content (AvgIpc) is 3.26. The molecule has 0 bridgehead atoms. The maximum Gasteiger partial charge on any atom is 0.0734 e. The number of likely N-dealkylation sites (N-methyl/N-ethyl adjacent to an activating group) is 1. The van der Waals surface area contributed by atoms with Crippen LogP contribution in [0.25, 0.3) is 10.1 Å². The van der Waals surface area contributed by atoms with E-state index in [0.717, 1.165) is 19.2 Å². The summed E-state index contributed by atoms with van der Waals surface area (Å²) in [7, 11) is 2.19. The highest BCUT2D eigenvalue weighted by atomic mass is 32.1. The molecule has 0 spiro atoms. The molecular formula is C16H22N2OS. The number of thiophene rings is 1. The summed E-state index contributed by atoms with van der Waals surface area (Å²) < 4.78 is 7.19. The minimum atomic E-state index is 0.597. The van der Waals surface area contributed by atoms with Gasteiger partial charge in [-0.25, -0.2) is 0 Å². The highest BCUT2D eigenvalue weighted by Crippen LogP contribution is 2.31. The molecule has 3 rings (SSSR count). The number of ether oxygens (including phenoxy) is 1. The summed E-state index contributed by atoms with van der Waals surface area (Å²) in [4.78, 5) is 3.65. The van der Waals surface area contributed by atoms with E-state index in [4.69, 9.17) is 10.5 Å². The van der Waals surface area contributed by atoms with Crippen molar-refractivity contribution in [3.8, 4) is 0 Å². The average molecular weight is 290 g/mol. The summed E-state index contributed by atoms with van der Waals surface area (Å²) in [5.74, 6) is 0. The minimum absolute atomic E-state index is 0.597. The van der Waals surface area contributed by atoms with E-state index in [-0.39, 0.29) is 0 Å². The van der Waals surface area contributed by atoms with Crippen LogP contribution in [-0.2, 0) is 17.9 Å². The zero-order valence-electron chi connectivity index (χ0n) is 12.0. The van der Waals surface area contributed by atoms with Crippen molar-refractivity contribution in [2.24, 2.45) is 5.73 Å². The van der Waals surface area contributed by atoms with E-state index < -0.39 is 0 Å². The third kappa shape index (κ3) is 3.04. The van der Waals surface area contributed by atoms with Crippen molar-refractivity contribution in [3.63, 3.8) is 0 Å². The molecule has 1 aliphatic rings. The molecule has 3 nitrogen and oxygen atoms in total.